The molecule has 0 atom stereocenters. The first-order chi connectivity index (χ1) is 11.6. The van der Waals surface area contributed by atoms with Crippen LogP contribution < -0.4 is 0 Å². The summed E-state index contributed by atoms with van der Waals surface area (Å²) >= 11 is 6.01. The summed E-state index contributed by atoms with van der Waals surface area (Å²) in [5, 5.41) is 14.1. The van der Waals surface area contributed by atoms with E-state index in [-0.39, 0.29) is 26.7 Å². The molecule has 0 spiro atoms. The Balaban J connectivity index is 2.51. The number of hydrogen-bond donors (Lipinski definition) is 1. The van der Waals surface area contributed by atoms with Gasteiger partial charge in [0.05, 0.1) is 26.8 Å². The van der Waals surface area contributed by atoms with Gasteiger partial charge in [0.2, 0.25) is 0 Å². The van der Waals surface area contributed by atoms with Crippen molar-refractivity contribution in [3.8, 4) is 11.4 Å². The first-order valence-electron chi connectivity index (χ1n) is 7.17. The fourth-order valence-electron chi connectivity index (χ4n) is 2.70. The van der Waals surface area contributed by atoms with Gasteiger partial charge in [-0.1, -0.05) is 17.7 Å². The van der Waals surface area contributed by atoms with Gasteiger partial charge in [-0.15, -0.1) is 0 Å². The Hall–Kier alpha value is -2.45. The van der Waals surface area contributed by atoms with Crippen LogP contribution in [0.15, 0.2) is 29.2 Å². The Bertz CT molecular complexity index is 1140. The fourth-order valence-corrected chi connectivity index (χ4v) is 3.77. The van der Waals surface area contributed by atoms with E-state index in [4.69, 9.17) is 11.6 Å². The monoisotopic (exact) mass is 379 g/mol. The SMILES string of the molecule is Cc1cc(-c2nc3c(C(=O)O)c(Cl)ccc3cc2S(C)(=O)=O)n(C)n1. The van der Waals surface area contributed by atoms with Crippen LogP contribution in [0.25, 0.3) is 22.3 Å². The van der Waals surface area contributed by atoms with Gasteiger partial charge in [0.1, 0.15) is 11.3 Å². The minimum Gasteiger partial charge on any atom is -0.478 e. The lowest BCUT2D eigenvalue weighted by atomic mass is 10.1. The number of aromatic nitrogens is 3. The molecule has 9 heteroatoms. The summed E-state index contributed by atoms with van der Waals surface area (Å²) in [4.78, 5) is 15.9. The van der Waals surface area contributed by atoms with E-state index in [1.807, 2.05) is 0 Å². The molecule has 0 saturated heterocycles. The number of carbonyl (C=O) groups is 1. The molecule has 2 aromatic heterocycles. The lowest BCUT2D eigenvalue weighted by Crippen LogP contribution is -2.07. The van der Waals surface area contributed by atoms with E-state index < -0.39 is 15.8 Å². The number of benzene rings is 1. The highest BCUT2D eigenvalue weighted by Gasteiger charge is 2.23. The zero-order chi connectivity index (χ0) is 18.5. The second-order valence-corrected chi connectivity index (χ2v) is 8.09. The van der Waals surface area contributed by atoms with Crippen LogP contribution in [0.2, 0.25) is 5.02 Å². The topological polar surface area (TPSA) is 102 Å². The molecule has 0 aliphatic rings. The first-order valence-corrected chi connectivity index (χ1v) is 9.44. The normalized spacial score (nSPS) is 11.8. The standard InChI is InChI=1S/C16H14ClN3O4S/c1-8-6-11(20(2)19-8)15-12(25(3,23)24)7-9-4-5-10(17)13(16(21)22)14(9)18-15/h4-7H,1-3H3,(H,21,22). The van der Waals surface area contributed by atoms with Gasteiger partial charge in [0, 0.05) is 18.7 Å². The Morgan fingerprint density at radius 3 is 2.48 bits per heavy atom. The van der Waals surface area contributed by atoms with Gasteiger partial charge in [0.15, 0.2) is 9.84 Å². The minimum absolute atomic E-state index is 0.00154. The van der Waals surface area contributed by atoms with Crippen LogP contribution in [0, 0.1) is 6.92 Å². The highest BCUT2D eigenvalue weighted by Crippen LogP contribution is 2.32. The number of aryl methyl sites for hydroxylation is 2. The van der Waals surface area contributed by atoms with Gasteiger partial charge >= 0.3 is 5.97 Å². The van der Waals surface area contributed by atoms with E-state index in [1.165, 1.54) is 16.8 Å². The van der Waals surface area contributed by atoms with Crippen molar-refractivity contribution in [2.24, 2.45) is 7.05 Å². The van der Waals surface area contributed by atoms with Crippen molar-refractivity contribution in [1.82, 2.24) is 14.8 Å². The van der Waals surface area contributed by atoms with Gasteiger partial charge in [-0.2, -0.15) is 5.10 Å². The van der Waals surface area contributed by atoms with E-state index >= 15 is 0 Å². The third-order valence-electron chi connectivity index (χ3n) is 3.76. The number of hydrogen-bond acceptors (Lipinski definition) is 5. The van der Waals surface area contributed by atoms with Crippen molar-refractivity contribution >= 4 is 38.3 Å². The molecule has 7 nitrogen and oxygen atoms in total. The van der Waals surface area contributed by atoms with Crippen LogP contribution in [0.5, 0.6) is 0 Å². The molecule has 0 saturated carbocycles. The number of carboxylic acid groups (broad SMARTS) is 1. The summed E-state index contributed by atoms with van der Waals surface area (Å²) in [6.07, 6.45) is 1.08. The number of sulfone groups is 1. The highest BCUT2D eigenvalue weighted by molar-refractivity contribution is 7.90. The lowest BCUT2D eigenvalue weighted by molar-refractivity contribution is 0.0699. The van der Waals surface area contributed by atoms with Crippen LogP contribution in [-0.4, -0.2) is 40.5 Å². The molecule has 0 amide bonds. The van der Waals surface area contributed by atoms with Gasteiger partial charge in [-0.3, -0.25) is 4.68 Å². The Morgan fingerprint density at radius 1 is 1.28 bits per heavy atom. The number of nitrogens with zero attached hydrogens (tertiary/aromatic N) is 3. The molecule has 0 bridgehead atoms. The van der Waals surface area contributed by atoms with Crippen molar-refractivity contribution in [3.05, 3.63) is 40.5 Å². The van der Waals surface area contributed by atoms with Crippen LogP contribution >= 0.6 is 11.6 Å². The van der Waals surface area contributed by atoms with Gasteiger partial charge in [0.25, 0.3) is 0 Å². The molecule has 0 fully saturated rings. The van der Waals surface area contributed by atoms with Gasteiger partial charge in [-0.05, 0) is 25.1 Å². The first kappa shape index (κ1) is 17.4. The third kappa shape index (κ3) is 2.98. The summed E-state index contributed by atoms with van der Waals surface area (Å²) in [6.45, 7) is 1.77. The van der Waals surface area contributed by atoms with Crippen LogP contribution in [0.1, 0.15) is 16.1 Å². The second kappa shape index (κ2) is 5.82. The Labute approximate surface area is 148 Å². The van der Waals surface area contributed by atoms with Crippen LogP contribution in [0.4, 0.5) is 0 Å². The molecule has 0 aliphatic heterocycles. The Morgan fingerprint density at radius 2 is 1.96 bits per heavy atom. The van der Waals surface area contributed by atoms with E-state index in [1.54, 1.807) is 26.1 Å². The fraction of sp³-hybridized carbons (Fsp3) is 0.188. The summed E-state index contributed by atoms with van der Waals surface area (Å²) in [5.74, 6) is -1.23. The molecule has 2 heterocycles. The largest absolute Gasteiger partial charge is 0.478 e. The molecule has 0 aliphatic carbocycles. The second-order valence-electron chi connectivity index (χ2n) is 5.70. The molecule has 0 radical (unpaired) electrons. The van der Waals surface area contributed by atoms with Crippen molar-refractivity contribution in [1.29, 1.82) is 0 Å². The molecule has 25 heavy (non-hydrogen) atoms. The molecule has 0 unspecified atom stereocenters. The minimum atomic E-state index is -3.61. The van der Waals surface area contributed by atoms with Crippen molar-refractivity contribution in [2.45, 2.75) is 11.8 Å². The van der Waals surface area contributed by atoms with E-state index in [0.29, 0.717) is 16.8 Å². The van der Waals surface area contributed by atoms with Crippen LogP contribution in [-0.2, 0) is 16.9 Å². The van der Waals surface area contributed by atoms with Gasteiger partial charge < -0.3 is 5.11 Å². The van der Waals surface area contributed by atoms with Crippen LogP contribution in [0.3, 0.4) is 0 Å². The average Bonchev–Trinajstić information content (AvgIpc) is 2.83. The molecule has 130 valence electrons. The number of pyridine rings is 1. The van der Waals surface area contributed by atoms with Gasteiger partial charge in [-0.25, -0.2) is 18.2 Å². The summed E-state index contributed by atoms with van der Waals surface area (Å²) < 4.78 is 26.0. The number of aromatic carboxylic acids is 1. The third-order valence-corrected chi connectivity index (χ3v) is 5.18. The number of carboxylic acids is 1. The molecular weight excluding hydrogens is 366 g/mol. The highest BCUT2D eigenvalue weighted by atomic mass is 35.5. The summed E-state index contributed by atoms with van der Waals surface area (Å²) in [5.41, 5.74) is 1.25. The number of fused-ring (bicyclic) bond motifs is 1. The smallest absolute Gasteiger partial charge is 0.339 e. The molecule has 1 aromatic carbocycles. The predicted octanol–water partition coefficient (Wildman–Crippen LogP) is 2.70. The average molecular weight is 380 g/mol. The van der Waals surface area contributed by atoms with E-state index in [0.717, 1.165) is 6.26 Å². The molecule has 1 N–H and O–H groups in total. The predicted molar refractivity (Wildman–Crippen MR) is 93.8 cm³/mol. The molecular formula is C16H14ClN3O4S. The number of rotatable bonds is 3. The maximum absolute atomic E-state index is 12.3. The quantitative estimate of drug-likeness (QED) is 0.750. The summed E-state index contributed by atoms with van der Waals surface area (Å²) in [7, 11) is -1.94. The number of halogens is 1. The molecule has 3 rings (SSSR count). The molecule has 3 aromatic rings. The zero-order valence-electron chi connectivity index (χ0n) is 13.6. The maximum Gasteiger partial charge on any atom is 0.339 e. The van der Waals surface area contributed by atoms with E-state index in [2.05, 4.69) is 10.1 Å². The van der Waals surface area contributed by atoms with E-state index in [9.17, 15) is 18.3 Å². The maximum atomic E-state index is 12.3. The van der Waals surface area contributed by atoms with Crippen molar-refractivity contribution in [2.75, 3.05) is 6.26 Å². The lowest BCUT2D eigenvalue weighted by Gasteiger charge is -2.11. The van der Waals surface area contributed by atoms with Crippen molar-refractivity contribution < 1.29 is 18.3 Å². The Kier molecular flexibility index (Phi) is 4.04. The summed E-state index contributed by atoms with van der Waals surface area (Å²) in [6, 6.07) is 6.06. The zero-order valence-corrected chi connectivity index (χ0v) is 15.2. The van der Waals surface area contributed by atoms with Crippen molar-refractivity contribution in [3.63, 3.8) is 0 Å².